The third kappa shape index (κ3) is 1.85. The van der Waals surface area contributed by atoms with E-state index in [4.69, 9.17) is 9.47 Å². The Labute approximate surface area is 137 Å². The summed E-state index contributed by atoms with van der Waals surface area (Å²) < 4.78 is 13.1. The van der Waals surface area contributed by atoms with E-state index in [-0.39, 0.29) is 5.92 Å². The van der Waals surface area contributed by atoms with Gasteiger partial charge in [-0.05, 0) is 17.9 Å². The second-order valence-electron chi connectivity index (χ2n) is 6.80. The van der Waals surface area contributed by atoms with Gasteiger partial charge in [0.15, 0.2) is 5.60 Å². The number of rotatable bonds is 2. The van der Waals surface area contributed by atoms with Gasteiger partial charge in [-0.25, -0.2) is 0 Å². The standard InChI is InChI=1S/C21H22O2/c1-15-14-16(2)21(19-12-8-5-9-13-19)22-17(3)20(15,23-21)18-10-6-4-7-11-18/h4-13,15-16H,3,14H2,1-2H3/t15-,16-,20-,21-/m0/s1. The Balaban J connectivity index is 1.89. The van der Waals surface area contributed by atoms with Gasteiger partial charge in [-0.15, -0.1) is 0 Å². The molecule has 4 atom stereocenters. The van der Waals surface area contributed by atoms with Crippen molar-refractivity contribution in [3.05, 3.63) is 84.1 Å². The van der Waals surface area contributed by atoms with Crippen LogP contribution in [0.15, 0.2) is 73.0 Å². The van der Waals surface area contributed by atoms with Crippen LogP contribution in [0.2, 0.25) is 0 Å². The van der Waals surface area contributed by atoms with Crippen LogP contribution in [0.5, 0.6) is 0 Å². The van der Waals surface area contributed by atoms with Gasteiger partial charge >= 0.3 is 0 Å². The molecule has 2 nitrogen and oxygen atoms in total. The molecule has 23 heavy (non-hydrogen) atoms. The zero-order chi connectivity index (χ0) is 16.1. The molecule has 0 N–H and O–H groups in total. The lowest BCUT2D eigenvalue weighted by Crippen LogP contribution is -2.47. The van der Waals surface area contributed by atoms with Crippen molar-refractivity contribution in [2.24, 2.45) is 11.8 Å². The minimum atomic E-state index is -0.735. The van der Waals surface area contributed by atoms with Crippen molar-refractivity contribution in [2.75, 3.05) is 0 Å². The molecule has 0 aromatic heterocycles. The van der Waals surface area contributed by atoms with E-state index in [0.717, 1.165) is 23.3 Å². The van der Waals surface area contributed by atoms with E-state index in [1.54, 1.807) is 0 Å². The first kappa shape index (κ1) is 14.5. The van der Waals surface area contributed by atoms with Gasteiger partial charge < -0.3 is 9.47 Å². The van der Waals surface area contributed by atoms with Crippen LogP contribution >= 0.6 is 0 Å². The van der Waals surface area contributed by atoms with Gasteiger partial charge in [-0.1, -0.05) is 81.1 Å². The average Bonchev–Trinajstić information content (AvgIpc) is 2.88. The number of fused-ring (bicyclic) bond motifs is 2. The van der Waals surface area contributed by atoms with E-state index in [2.05, 4.69) is 44.7 Å². The van der Waals surface area contributed by atoms with E-state index >= 15 is 0 Å². The molecule has 118 valence electrons. The summed E-state index contributed by atoms with van der Waals surface area (Å²) in [5.74, 6) is 0.563. The summed E-state index contributed by atoms with van der Waals surface area (Å²) in [7, 11) is 0. The van der Waals surface area contributed by atoms with Crippen molar-refractivity contribution in [1.82, 2.24) is 0 Å². The van der Waals surface area contributed by atoms with Gasteiger partial charge in [-0.2, -0.15) is 0 Å². The first-order chi connectivity index (χ1) is 11.1. The van der Waals surface area contributed by atoms with Crippen LogP contribution in [0.4, 0.5) is 0 Å². The molecule has 2 bridgehead atoms. The van der Waals surface area contributed by atoms with Crippen molar-refractivity contribution < 1.29 is 9.47 Å². The predicted molar refractivity (Wildman–Crippen MR) is 90.5 cm³/mol. The van der Waals surface area contributed by atoms with Crippen LogP contribution in [-0.2, 0) is 20.9 Å². The first-order valence-corrected chi connectivity index (χ1v) is 8.29. The Bertz CT molecular complexity index is 724. The van der Waals surface area contributed by atoms with Crippen molar-refractivity contribution in [3.63, 3.8) is 0 Å². The number of hydrogen-bond acceptors (Lipinski definition) is 2. The lowest BCUT2D eigenvalue weighted by Gasteiger charge is -2.44. The molecule has 2 aliphatic heterocycles. The molecule has 0 spiro atoms. The van der Waals surface area contributed by atoms with Crippen LogP contribution in [0.3, 0.4) is 0 Å². The van der Waals surface area contributed by atoms with Crippen molar-refractivity contribution in [1.29, 1.82) is 0 Å². The zero-order valence-corrected chi connectivity index (χ0v) is 13.7. The highest BCUT2D eigenvalue weighted by molar-refractivity contribution is 5.37. The molecule has 0 aliphatic carbocycles. The zero-order valence-electron chi connectivity index (χ0n) is 13.7. The molecule has 0 unspecified atom stereocenters. The second-order valence-corrected chi connectivity index (χ2v) is 6.80. The van der Waals surface area contributed by atoms with Gasteiger partial charge in [0.25, 0.3) is 0 Å². The fourth-order valence-corrected chi connectivity index (χ4v) is 4.27. The molecule has 2 heteroatoms. The number of hydrogen-bond donors (Lipinski definition) is 0. The first-order valence-electron chi connectivity index (χ1n) is 8.29. The maximum Gasteiger partial charge on any atom is 0.240 e. The fourth-order valence-electron chi connectivity index (χ4n) is 4.27. The molecule has 2 aliphatic rings. The summed E-state index contributed by atoms with van der Waals surface area (Å²) in [6.07, 6.45) is 1.03. The Morgan fingerprint density at radius 1 is 0.870 bits per heavy atom. The summed E-state index contributed by atoms with van der Waals surface area (Å²) in [5.41, 5.74) is 1.63. The quantitative estimate of drug-likeness (QED) is 0.780. The summed E-state index contributed by atoms with van der Waals surface area (Å²) >= 11 is 0. The molecule has 2 fully saturated rings. The van der Waals surface area contributed by atoms with Gasteiger partial charge in [0.05, 0.1) is 0 Å². The van der Waals surface area contributed by atoms with Crippen molar-refractivity contribution in [2.45, 2.75) is 31.7 Å². The van der Waals surface area contributed by atoms with Gasteiger partial charge in [0.2, 0.25) is 5.79 Å². The summed E-state index contributed by atoms with van der Waals surface area (Å²) in [5, 5.41) is 0. The van der Waals surface area contributed by atoms with E-state index in [9.17, 15) is 0 Å². The highest BCUT2D eigenvalue weighted by atomic mass is 16.8. The Hall–Kier alpha value is -2.06. The smallest absolute Gasteiger partial charge is 0.240 e. The largest absolute Gasteiger partial charge is 0.459 e. The molecule has 4 rings (SSSR count). The molecule has 2 saturated heterocycles. The van der Waals surface area contributed by atoms with E-state index in [1.807, 2.05) is 36.4 Å². The molecular formula is C21H22O2. The van der Waals surface area contributed by atoms with Crippen LogP contribution < -0.4 is 0 Å². The number of ether oxygens (including phenoxy) is 2. The van der Waals surface area contributed by atoms with Gasteiger partial charge in [-0.3, -0.25) is 0 Å². The van der Waals surface area contributed by atoms with Crippen LogP contribution in [-0.4, -0.2) is 0 Å². The monoisotopic (exact) mass is 306 g/mol. The predicted octanol–water partition coefficient (Wildman–Crippen LogP) is 4.97. The minimum absolute atomic E-state index is 0.260. The molecule has 2 aromatic carbocycles. The highest BCUT2D eigenvalue weighted by Gasteiger charge is 2.64. The highest BCUT2D eigenvalue weighted by Crippen LogP contribution is 2.62. The fraction of sp³-hybridized carbons (Fsp3) is 0.333. The Morgan fingerprint density at radius 3 is 2.04 bits per heavy atom. The molecule has 2 heterocycles. The topological polar surface area (TPSA) is 18.5 Å². The molecular weight excluding hydrogens is 284 g/mol. The van der Waals surface area contributed by atoms with Crippen molar-refractivity contribution in [3.8, 4) is 0 Å². The third-order valence-electron chi connectivity index (χ3n) is 5.43. The Kier molecular flexibility index (Phi) is 3.14. The lowest BCUT2D eigenvalue weighted by atomic mass is 9.73. The van der Waals surface area contributed by atoms with E-state index in [0.29, 0.717) is 5.92 Å². The van der Waals surface area contributed by atoms with Crippen LogP contribution in [0.1, 0.15) is 31.4 Å². The van der Waals surface area contributed by atoms with Gasteiger partial charge in [0, 0.05) is 11.5 Å². The van der Waals surface area contributed by atoms with Crippen LogP contribution in [0, 0.1) is 11.8 Å². The van der Waals surface area contributed by atoms with Crippen LogP contribution in [0.25, 0.3) is 0 Å². The molecule has 2 aromatic rings. The maximum absolute atomic E-state index is 6.76. The third-order valence-corrected chi connectivity index (χ3v) is 5.43. The van der Waals surface area contributed by atoms with Crippen molar-refractivity contribution >= 4 is 0 Å². The minimum Gasteiger partial charge on any atom is -0.459 e. The average molecular weight is 306 g/mol. The normalized spacial score (nSPS) is 35.8. The molecule has 0 amide bonds. The Morgan fingerprint density at radius 2 is 1.43 bits per heavy atom. The lowest BCUT2D eigenvalue weighted by molar-refractivity contribution is -0.266. The maximum atomic E-state index is 6.76. The molecule has 0 radical (unpaired) electrons. The molecule has 0 saturated carbocycles. The van der Waals surface area contributed by atoms with E-state index < -0.39 is 11.4 Å². The number of benzene rings is 2. The summed E-state index contributed by atoms with van der Waals surface area (Å²) in [6.45, 7) is 8.69. The second kappa shape index (κ2) is 4.97. The van der Waals surface area contributed by atoms with Gasteiger partial charge in [0.1, 0.15) is 5.76 Å². The summed E-state index contributed by atoms with van der Waals surface area (Å²) in [4.78, 5) is 0. The SMILES string of the molecule is C=C1O[C@]2(c3ccccc3)O[C@@]1(c1ccccc1)[C@@H](C)C[C@@H]2C. The summed E-state index contributed by atoms with van der Waals surface area (Å²) in [6, 6.07) is 20.6. The van der Waals surface area contributed by atoms with E-state index in [1.165, 1.54) is 0 Å².